The molecule has 1 fully saturated rings. The zero-order valence-corrected chi connectivity index (χ0v) is 25.6. The van der Waals surface area contributed by atoms with Crippen molar-refractivity contribution in [3.05, 3.63) is 114 Å². The van der Waals surface area contributed by atoms with E-state index in [-0.39, 0.29) is 18.3 Å². The highest BCUT2D eigenvalue weighted by Gasteiger charge is 2.47. The molecular formula is C35H41NO4P+. The maximum absolute atomic E-state index is 6.55. The molecule has 0 spiro atoms. The number of hydrogen-bond donors (Lipinski definition) is 0. The molecule has 0 unspecified atom stereocenters. The molecule has 214 valence electrons. The highest BCUT2D eigenvalue weighted by Crippen LogP contribution is 2.56. The van der Waals surface area contributed by atoms with Crippen LogP contribution < -0.4 is 15.9 Å². The van der Waals surface area contributed by atoms with Gasteiger partial charge in [0, 0.05) is 26.0 Å². The molecular weight excluding hydrogens is 529 g/mol. The zero-order valence-electron chi connectivity index (χ0n) is 24.7. The lowest BCUT2D eigenvalue weighted by molar-refractivity contribution is -0.302. The Balaban J connectivity index is 1.45. The van der Waals surface area contributed by atoms with Gasteiger partial charge in [0.2, 0.25) is 5.89 Å². The number of methoxy groups -OCH3 is 1. The van der Waals surface area contributed by atoms with Crippen LogP contribution in [0, 0.1) is 0 Å². The number of aromatic nitrogens is 1. The molecule has 0 N–H and O–H groups in total. The predicted octanol–water partition coefficient (Wildman–Crippen LogP) is 7.08. The Kier molecular flexibility index (Phi) is 9.21. The van der Waals surface area contributed by atoms with E-state index in [1.807, 2.05) is 33.8 Å². The van der Waals surface area contributed by atoms with Crippen LogP contribution in [0.15, 0.2) is 107 Å². The van der Waals surface area contributed by atoms with Gasteiger partial charge in [-0.05, 0) is 69.7 Å². The van der Waals surface area contributed by atoms with Crippen LogP contribution in [0.25, 0.3) is 6.08 Å². The third-order valence-corrected chi connectivity index (χ3v) is 12.4. The Morgan fingerprint density at radius 2 is 1.46 bits per heavy atom. The van der Waals surface area contributed by atoms with Crippen molar-refractivity contribution in [2.45, 2.75) is 64.6 Å². The monoisotopic (exact) mass is 570 g/mol. The summed E-state index contributed by atoms with van der Waals surface area (Å²) < 4.78 is 24.2. The fraction of sp³-hybridized carbons (Fsp3) is 0.343. The van der Waals surface area contributed by atoms with Crippen molar-refractivity contribution in [3.8, 4) is 0 Å². The topological polar surface area (TPSA) is 53.7 Å². The molecule has 0 saturated carbocycles. The molecule has 1 aliphatic heterocycles. The largest absolute Gasteiger partial charge is 0.445 e. The molecule has 41 heavy (non-hydrogen) atoms. The molecule has 3 atom stereocenters. The lowest BCUT2D eigenvalue weighted by Crippen LogP contribution is -2.42. The first-order valence-corrected chi connectivity index (χ1v) is 16.3. The predicted molar refractivity (Wildman–Crippen MR) is 169 cm³/mol. The molecule has 0 radical (unpaired) electrons. The Morgan fingerprint density at radius 3 is 1.98 bits per heavy atom. The lowest BCUT2D eigenvalue weighted by atomic mass is 10.0. The van der Waals surface area contributed by atoms with Gasteiger partial charge >= 0.3 is 0 Å². The molecule has 0 aliphatic carbocycles. The summed E-state index contributed by atoms with van der Waals surface area (Å²) in [4.78, 5) is 4.77. The average molecular weight is 571 g/mol. The summed E-state index contributed by atoms with van der Waals surface area (Å²) in [7, 11) is -0.253. The highest BCUT2D eigenvalue weighted by molar-refractivity contribution is 7.95. The third-order valence-electron chi connectivity index (χ3n) is 7.95. The van der Waals surface area contributed by atoms with Gasteiger partial charge in [0.05, 0.1) is 18.4 Å². The second-order valence-corrected chi connectivity index (χ2v) is 14.8. The van der Waals surface area contributed by atoms with Crippen molar-refractivity contribution in [1.29, 1.82) is 0 Å². The Morgan fingerprint density at radius 1 is 0.927 bits per heavy atom. The average Bonchev–Trinajstić information content (AvgIpc) is 3.46. The van der Waals surface area contributed by atoms with E-state index in [0.29, 0.717) is 12.3 Å². The lowest BCUT2D eigenvalue weighted by Gasteiger charge is -2.40. The molecule has 6 heteroatoms. The second-order valence-electron chi connectivity index (χ2n) is 11.2. The molecule has 4 aromatic rings. The van der Waals surface area contributed by atoms with Gasteiger partial charge in [0.25, 0.3) is 0 Å². The van der Waals surface area contributed by atoms with Gasteiger partial charge in [0.15, 0.2) is 5.79 Å². The second kappa shape index (κ2) is 12.8. The first-order valence-electron chi connectivity index (χ1n) is 14.4. The minimum atomic E-state index is -1.95. The van der Waals surface area contributed by atoms with Crippen LogP contribution in [0.1, 0.15) is 58.2 Å². The van der Waals surface area contributed by atoms with Gasteiger partial charge in [-0.15, -0.1) is 0 Å². The van der Waals surface area contributed by atoms with Crippen LogP contribution in [-0.4, -0.2) is 36.3 Å². The molecule has 0 amide bonds. The maximum Gasteiger partial charge on any atom is 0.218 e. The van der Waals surface area contributed by atoms with Crippen LogP contribution in [-0.2, 0) is 14.2 Å². The van der Waals surface area contributed by atoms with Crippen molar-refractivity contribution in [1.82, 2.24) is 4.98 Å². The van der Waals surface area contributed by atoms with E-state index in [4.69, 9.17) is 23.6 Å². The minimum absolute atomic E-state index is 0.00422. The van der Waals surface area contributed by atoms with Crippen LogP contribution >= 0.6 is 7.26 Å². The van der Waals surface area contributed by atoms with E-state index in [0.717, 1.165) is 23.8 Å². The number of rotatable bonds is 10. The minimum Gasteiger partial charge on any atom is -0.445 e. The summed E-state index contributed by atoms with van der Waals surface area (Å²) >= 11 is 0. The van der Waals surface area contributed by atoms with Gasteiger partial charge in [-0.1, -0.05) is 54.6 Å². The van der Waals surface area contributed by atoms with Crippen LogP contribution in [0.2, 0.25) is 0 Å². The summed E-state index contributed by atoms with van der Waals surface area (Å²) in [6.45, 7) is 8.01. The molecule has 3 aromatic carbocycles. The zero-order chi connectivity index (χ0) is 28.9. The SMILES string of the molecule is CO[C@H](C)/C(C)=C\c1nc([C@@H]2C[C@H](CC[P+](c3ccccc3)(c3ccccc3)c3ccccc3)OC(C)(C)O2)co1. The molecule has 1 saturated heterocycles. The smallest absolute Gasteiger partial charge is 0.218 e. The number of hydrogen-bond acceptors (Lipinski definition) is 5. The summed E-state index contributed by atoms with van der Waals surface area (Å²) in [6.07, 6.45) is 6.02. The van der Waals surface area contributed by atoms with Crippen molar-refractivity contribution >= 4 is 29.3 Å². The number of nitrogens with zero attached hydrogens (tertiary/aromatic N) is 1. The van der Waals surface area contributed by atoms with Crippen molar-refractivity contribution in [3.63, 3.8) is 0 Å². The van der Waals surface area contributed by atoms with Crippen LogP contribution in [0.5, 0.6) is 0 Å². The van der Waals surface area contributed by atoms with Gasteiger partial charge < -0.3 is 18.6 Å². The number of oxazole rings is 1. The molecule has 1 aromatic heterocycles. The van der Waals surface area contributed by atoms with Crippen LogP contribution in [0.3, 0.4) is 0 Å². The standard InChI is InChI=1S/C35H41NO4P/c1-26(27(2)37-5)23-34-36-32(25-38-34)33-24-28(39-35(3,4)40-33)21-22-41(29-15-9-6-10-16-29,30-17-11-7-12-18-30)31-19-13-8-14-20-31/h6-20,23,25,27-28,33H,21-22,24H2,1-5H3/q+1/b26-23-/t27-,28+,33+/m1/s1. The summed E-state index contributed by atoms with van der Waals surface area (Å²) in [5, 5.41) is 4.15. The van der Waals surface area contributed by atoms with Crippen molar-refractivity contribution < 1.29 is 18.6 Å². The summed E-state index contributed by atoms with van der Waals surface area (Å²) in [5.74, 6) is -0.177. The Labute approximate surface area is 244 Å². The van der Waals surface area contributed by atoms with Gasteiger partial charge in [-0.25, -0.2) is 4.98 Å². The fourth-order valence-corrected chi connectivity index (χ4v) is 10.1. The van der Waals surface area contributed by atoms with E-state index in [1.165, 1.54) is 15.9 Å². The van der Waals surface area contributed by atoms with E-state index in [9.17, 15) is 0 Å². The molecule has 5 rings (SSSR count). The van der Waals surface area contributed by atoms with Gasteiger partial charge in [0.1, 0.15) is 41.2 Å². The first-order chi connectivity index (χ1) is 19.8. The van der Waals surface area contributed by atoms with E-state index in [1.54, 1.807) is 13.4 Å². The van der Waals surface area contributed by atoms with E-state index >= 15 is 0 Å². The van der Waals surface area contributed by atoms with Gasteiger partial charge in [-0.2, -0.15) is 0 Å². The van der Waals surface area contributed by atoms with E-state index < -0.39 is 13.0 Å². The van der Waals surface area contributed by atoms with E-state index in [2.05, 4.69) is 91.0 Å². The third kappa shape index (κ3) is 6.71. The van der Waals surface area contributed by atoms with Gasteiger partial charge in [-0.3, -0.25) is 0 Å². The quantitative estimate of drug-likeness (QED) is 0.191. The Hall–Kier alpha value is -3.08. The fourth-order valence-electron chi connectivity index (χ4n) is 5.70. The molecule has 2 heterocycles. The Bertz CT molecular complexity index is 1320. The van der Waals surface area contributed by atoms with Crippen molar-refractivity contribution in [2.75, 3.05) is 13.3 Å². The number of benzene rings is 3. The summed E-state index contributed by atoms with van der Waals surface area (Å²) in [6, 6.07) is 33.0. The molecule has 0 bridgehead atoms. The first kappa shape index (κ1) is 29.4. The molecule has 5 nitrogen and oxygen atoms in total. The molecule has 1 aliphatic rings. The maximum atomic E-state index is 6.55. The van der Waals surface area contributed by atoms with Crippen molar-refractivity contribution in [2.24, 2.45) is 0 Å². The highest BCUT2D eigenvalue weighted by atomic mass is 31.2. The van der Waals surface area contributed by atoms with Crippen LogP contribution in [0.4, 0.5) is 0 Å². The summed E-state index contributed by atoms with van der Waals surface area (Å²) in [5.41, 5.74) is 1.85. The number of ether oxygens (including phenoxy) is 3. The normalized spacial score (nSPS) is 20.1.